The van der Waals surface area contributed by atoms with Gasteiger partial charge >= 0.3 is 5.97 Å². The molecule has 0 spiro atoms. The van der Waals surface area contributed by atoms with Gasteiger partial charge in [0, 0.05) is 30.8 Å². The van der Waals surface area contributed by atoms with Gasteiger partial charge in [-0.25, -0.2) is 4.79 Å². The Bertz CT molecular complexity index is 935. The normalized spacial score (nSPS) is 10.4. The average molecular weight is 353 g/mol. The van der Waals surface area contributed by atoms with Crippen LogP contribution in [-0.2, 0) is 7.05 Å². The van der Waals surface area contributed by atoms with Gasteiger partial charge in [0.05, 0.1) is 31.2 Å². The van der Waals surface area contributed by atoms with E-state index in [2.05, 4.69) is 10.4 Å². The Labute approximate surface area is 150 Å². The Morgan fingerprint density at radius 3 is 2.35 bits per heavy atom. The molecule has 0 saturated carbocycles. The van der Waals surface area contributed by atoms with Crippen LogP contribution in [0.25, 0.3) is 11.3 Å². The minimum absolute atomic E-state index is 0.0742. The Hall–Kier alpha value is -3.48. The largest absolute Gasteiger partial charge is 0.493 e. The number of aryl methyl sites for hydroxylation is 1. The van der Waals surface area contributed by atoms with Crippen molar-refractivity contribution in [2.45, 2.75) is 0 Å². The number of carboxylic acids is 1. The summed E-state index contributed by atoms with van der Waals surface area (Å²) >= 11 is 0. The van der Waals surface area contributed by atoms with Gasteiger partial charge < -0.3 is 19.9 Å². The number of benzene rings is 2. The van der Waals surface area contributed by atoms with E-state index in [4.69, 9.17) is 9.47 Å². The van der Waals surface area contributed by atoms with Crippen molar-refractivity contribution in [1.29, 1.82) is 0 Å². The predicted molar refractivity (Wildman–Crippen MR) is 98.4 cm³/mol. The van der Waals surface area contributed by atoms with Crippen LogP contribution in [0.5, 0.6) is 11.5 Å². The number of aromatic carboxylic acids is 1. The molecule has 2 aromatic carbocycles. The molecule has 134 valence electrons. The second-order valence-electron chi connectivity index (χ2n) is 5.59. The first-order valence-electron chi connectivity index (χ1n) is 7.89. The maximum Gasteiger partial charge on any atom is 0.337 e. The lowest BCUT2D eigenvalue weighted by Gasteiger charge is -2.14. The van der Waals surface area contributed by atoms with E-state index in [1.807, 2.05) is 36.4 Å². The van der Waals surface area contributed by atoms with Crippen molar-refractivity contribution in [1.82, 2.24) is 9.78 Å². The zero-order valence-corrected chi connectivity index (χ0v) is 14.7. The fraction of sp³-hybridized carbons (Fsp3) is 0.158. The summed E-state index contributed by atoms with van der Waals surface area (Å²) in [7, 11) is 4.75. The van der Waals surface area contributed by atoms with Gasteiger partial charge in [0.25, 0.3) is 0 Å². The van der Waals surface area contributed by atoms with Crippen molar-refractivity contribution >= 4 is 17.5 Å². The second-order valence-corrected chi connectivity index (χ2v) is 5.59. The molecule has 0 aliphatic rings. The van der Waals surface area contributed by atoms with E-state index >= 15 is 0 Å². The van der Waals surface area contributed by atoms with E-state index in [0.29, 0.717) is 23.0 Å². The van der Waals surface area contributed by atoms with Gasteiger partial charge in [0.1, 0.15) is 5.82 Å². The van der Waals surface area contributed by atoms with Crippen LogP contribution in [-0.4, -0.2) is 35.1 Å². The second kappa shape index (κ2) is 7.18. The van der Waals surface area contributed by atoms with E-state index in [9.17, 15) is 9.90 Å². The first-order valence-corrected chi connectivity index (χ1v) is 7.89. The first-order chi connectivity index (χ1) is 12.5. The molecule has 2 N–H and O–H groups in total. The van der Waals surface area contributed by atoms with Crippen LogP contribution in [0.2, 0.25) is 0 Å². The van der Waals surface area contributed by atoms with Gasteiger partial charge in [-0.05, 0) is 0 Å². The summed E-state index contributed by atoms with van der Waals surface area (Å²) in [4.78, 5) is 11.6. The smallest absolute Gasteiger partial charge is 0.337 e. The Balaban J connectivity index is 2.01. The summed E-state index contributed by atoms with van der Waals surface area (Å²) in [5.74, 6) is 0.369. The van der Waals surface area contributed by atoms with E-state index in [1.54, 1.807) is 17.8 Å². The molecule has 0 atom stereocenters. The number of hydrogen-bond acceptors (Lipinski definition) is 5. The van der Waals surface area contributed by atoms with Crippen LogP contribution >= 0.6 is 0 Å². The lowest BCUT2D eigenvalue weighted by molar-refractivity contribution is 0.0697. The van der Waals surface area contributed by atoms with Crippen molar-refractivity contribution in [3.05, 3.63) is 54.1 Å². The highest BCUT2D eigenvalue weighted by Gasteiger charge is 2.18. The molecule has 1 heterocycles. The van der Waals surface area contributed by atoms with E-state index in [0.717, 1.165) is 11.3 Å². The number of ether oxygens (including phenoxy) is 2. The third kappa shape index (κ3) is 3.32. The highest BCUT2D eigenvalue weighted by molar-refractivity contribution is 5.96. The molecule has 3 aromatic rings. The summed E-state index contributed by atoms with van der Waals surface area (Å²) in [5, 5.41) is 17.1. The molecule has 0 bridgehead atoms. The SMILES string of the molecule is COc1cc(Nc2cc(-c3ccccc3)nn2C)c(C(=O)O)cc1OC. The topological polar surface area (TPSA) is 85.6 Å². The van der Waals surface area contributed by atoms with Gasteiger partial charge in [-0.2, -0.15) is 5.10 Å². The van der Waals surface area contributed by atoms with Crippen LogP contribution in [0.4, 0.5) is 11.5 Å². The maximum atomic E-state index is 11.6. The fourth-order valence-electron chi connectivity index (χ4n) is 2.63. The number of rotatable bonds is 6. The number of methoxy groups -OCH3 is 2. The molecule has 0 saturated heterocycles. The molecule has 0 radical (unpaired) electrons. The third-order valence-corrected chi connectivity index (χ3v) is 3.97. The molecule has 0 fully saturated rings. The Morgan fingerprint density at radius 1 is 1.08 bits per heavy atom. The molecule has 3 rings (SSSR count). The molecular formula is C19H19N3O4. The zero-order chi connectivity index (χ0) is 18.7. The van der Waals surface area contributed by atoms with Gasteiger partial charge in [-0.3, -0.25) is 4.68 Å². The fourth-order valence-corrected chi connectivity index (χ4v) is 2.63. The summed E-state index contributed by atoms with van der Waals surface area (Å²) in [6.45, 7) is 0. The third-order valence-electron chi connectivity index (χ3n) is 3.97. The number of nitrogens with zero attached hydrogens (tertiary/aromatic N) is 2. The Morgan fingerprint density at radius 2 is 1.73 bits per heavy atom. The quantitative estimate of drug-likeness (QED) is 0.705. The van der Waals surface area contributed by atoms with E-state index in [1.165, 1.54) is 20.3 Å². The monoisotopic (exact) mass is 353 g/mol. The lowest BCUT2D eigenvalue weighted by Crippen LogP contribution is -2.06. The molecule has 7 heteroatoms. The summed E-state index contributed by atoms with van der Waals surface area (Å²) in [5.41, 5.74) is 2.22. The molecule has 7 nitrogen and oxygen atoms in total. The first kappa shape index (κ1) is 17.3. The molecule has 0 amide bonds. The van der Waals surface area contributed by atoms with Crippen LogP contribution < -0.4 is 14.8 Å². The van der Waals surface area contributed by atoms with Gasteiger partial charge in [-0.1, -0.05) is 30.3 Å². The zero-order valence-electron chi connectivity index (χ0n) is 14.7. The highest BCUT2D eigenvalue weighted by Crippen LogP contribution is 2.35. The van der Waals surface area contributed by atoms with Crippen molar-refractivity contribution in [3.63, 3.8) is 0 Å². The number of anilines is 2. The molecule has 1 aromatic heterocycles. The van der Waals surface area contributed by atoms with Crippen molar-refractivity contribution in [2.75, 3.05) is 19.5 Å². The molecular weight excluding hydrogens is 334 g/mol. The van der Waals surface area contributed by atoms with Gasteiger partial charge in [-0.15, -0.1) is 0 Å². The molecule has 0 aliphatic carbocycles. The standard InChI is InChI=1S/C19H19N3O4/c1-22-18(11-14(21-22)12-7-5-4-6-8-12)20-15-10-17(26-3)16(25-2)9-13(15)19(23)24/h4-11,20H,1-3H3,(H,23,24). The number of carboxylic acid groups (broad SMARTS) is 1. The van der Waals surface area contributed by atoms with Crippen molar-refractivity contribution in [2.24, 2.45) is 7.05 Å². The van der Waals surface area contributed by atoms with Crippen molar-refractivity contribution < 1.29 is 19.4 Å². The molecule has 0 aliphatic heterocycles. The highest BCUT2D eigenvalue weighted by atomic mass is 16.5. The maximum absolute atomic E-state index is 11.6. The number of carbonyl (C=O) groups is 1. The van der Waals surface area contributed by atoms with Gasteiger partial charge in [0.15, 0.2) is 11.5 Å². The summed E-state index contributed by atoms with van der Waals surface area (Å²) in [6, 6.07) is 14.6. The van der Waals surface area contributed by atoms with Crippen LogP contribution in [0.3, 0.4) is 0 Å². The van der Waals surface area contributed by atoms with Crippen LogP contribution in [0.1, 0.15) is 10.4 Å². The van der Waals surface area contributed by atoms with Crippen molar-refractivity contribution in [3.8, 4) is 22.8 Å². The van der Waals surface area contributed by atoms with Crippen LogP contribution in [0.15, 0.2) is 48.5 Å². The number of hydrogen-bond donors (Lipinski definition) is 2. The van der Waals surface area contributed by atoms with Gasteiger partial charge in [0.2, 0.25) is 0 Å². The molecule has 26 heavy (non-hydrogen) atoms. The van der Waals surface area contributed by atoms with E-state index in [-0.39, 0.29) is 5.56 Å². The Kier molecular flexibility index (Phi) is 4.79. The molecule has 0 unspecified atom stereocenters. The minimum atomic E-state index is -1.07. The predicted octanol–water partition coefficient (Wildman–Crippen LogP) is 3.55. The number of aromatic nitrogens is 2. The van der Waals surface area contributed by atoms with E-state index < -0.39 is 5.97 Å². The average Bonchev–Trinajstić information content (AvgIpc) is 3.02. The summed E-state index contributed by atoms with van der Waals surface area (Å²) in [6.07, 6.45) is 0. The van der Waals surface area contributed by atoms with Crippen LogP contribution in [0, 0.1) is 0 Å². The summed E-state index contributed by atoms with van der Waals surface area (Å²) < 4.78 is 12.1. The minimum Gasteiger partial charge on any atom is -0.493 e. The number of nitrogens with one attached hydrogen (secondary N) is 1. The lowest BCUT2D eigenvalue weighted by atomic mass is 10.1.